The van der Waals surface area contributed by atoms with E-state index in [0.717, 1.165) is 0 Å². The van der Waals surface area contributed by atoms with Gasteiger partial charge in [0.1, 0.15) is 0 Å². The van der Waals surface area contributed by atoms with E-state index in [9.17, 15) is 13.6 Å². The van der Waals surface area contributed by atoms with Gasteiger partial charge in [0, 0.05) is 12.1 Å². The molecule has 0 bridgehead atoms. The number of aromatic nitrogens is 1. The number of ether oxygens (including phenoxy) is 1. The summed E-state index contributed by atoms with van der Waals surface area (Å²) in [7, 11) is 0. The third-order valence-corrected chi connectivity index (χ3v) is 2.38. The fraction of sp³-hybridized carbons (Fsp3) is 0.455. The van der Waals surface area contributed by atoms with Crippen molar-refractivity contribution in [3.8, 4) is 0 Å². The molecular weight excluding hydrogens is 244 g/mol. The van der Waals surface area contributed by atoms with Gasteiger partial charge in [0.2, 0.25) is 0 Å². The van der Waals surface area contributed by atoms with Gasteiger partial charge in [0.05, 0.1) is 30.6 Å². The predicted molar refractivity (Wildman–Crippen MR) is 61.8 cm³/mol. The summed E-state index contributed by atoms with van der Waals surface area (Å²) in [6.45, 7) is 1.67. The molecule has 0 spiro atoms. The highest BCUT2D eigenvalue weighted by Gasteiger charge is 2.22. The van der Waals surface area contributed by atoms with Gasteiger partial charge in [0.15, 0.2) is 0 Å². The molecule has 0 saturated carbocycles. The van der Waals surface area contributed by atoms with E-state index >= 15 is 0 Å². The Balaban J connectivity index is 3.18. The first-order valence-corrected chi connectivity index (χ1v) is 5.41. The Morgan fingerprint density at radius 1 is 1.56 bits per heavy atom. The van der Waals surface area contributed by atoms with Crippen molar-refractivity contribution in [3.63, 3.8) is 0 Å². The molecule has 0 fully saturated rings. The first-order valence-electron chi connectivity index (χ1n) is 5.41. The van der Waals surface area contributed by atoms with Crippen LogP contribution in [-0.2, 0) is 22.5 Å². The monoisotopic (exact) mass is 259 g/mol. The molecule has 0 aromatic carbocycles. The van der Waals surface area contributed by atoms with Gasteiger partial charge in [-0.3, -0.25) is 9.78 Å². The fourth-order valence-corrected chi connectivity index (χ4v) is 1.60. The predicted octanol–water partition coefficient (Wildman–Crippen LogP) is 1.17. The summed E-state index contributed by atoms with van der Waals surface area (Å²) in [6.07, 6.45) is -1.87. The number of anilines is 1. The molecule has 1 rings (SSSR count). The van der Waals surface area contributed by atoms with Gasteiger partial charge in [-0.1, -0.05) is 0 Å². The highest BCUT2D eigenvalue weighted by Crippen LogP contribution is 2.29. The van der Waals surface area contributed by atoms with E-state index in [2.05, 4.69) is 4.98 Å². The summed E-state index contributed by atoms with van der Waals surface area (Å²) in [5.74, 6) is -0.611. The molecule has 0 saturated heterocycles. The van der Waals surface area contributed by atoms with Crippen molar-refractivity contribution in [2.45, 2.75) is 26.3 Å². The summed E-state index contributed by atoms with van der Waals surface area (Å²) in [5.41, 5.74) is 10.7. The molecular formula is C11H15F2N3O2. The van der Waals surface area contributed by atoms with Gasteiger partial charge in [-0.25, -0.2) is 8.78 Å². The summed E-state index contributed by atoms with van der Waals surface area (Å²) in [6, 6.07) is 0. The Hall–Kier alpha value is -1.76. The Bertz CT molecular complexity index is 439. The van der Waals surface area contributed by atoms with Crippen LogP contribution in [0.2, 0.25) is 0 Å². The summed E-state index contributed by atoms with van der Waals surface area (Å²) in [5, 5.41) is 0. The Labute approximate surface area is 103 Å². The third-order valence-electron chi connectivity index (χ3n) is 2.38. The van der Waals surface area contributed by atoms with Crippen LogP contribution in [0, 0.1) is 0 Å². The topological polar surface area (TPSA) is 91.2 Å². The van der Waals surface area contributed by atoms with Gasteiger partial charge < -0.3 is 16.2 Å². The molecule has 0 amide bonds. The first kappa shape index (κ1) is 14.3. The normalized spacial score (nSPS) is 10.7. The second kappa shape index (κ2) is 6.25. The molecule has 100 valence electrons. The molecule has 0 atom stereocenters. The maximum absolute atomic E-state index is 13.0. The average Bonchev–Trinajstić information content (AvgIpc) is 2.31. The Morgan fingerprint density at radius 2 is 2.22 bits per heavy atom. The number of nitrogen functional groups attached to an aromatic ring is 1. The maximum atomic E-state index is 13.0. The minimum absolute atomic E-state index is 0.0375. The quantitative estimate of drug-likeness (QED) is 0.774. The number of hydrogen-bond acceptors (Lipinski definition) is 5. The largest absolute Gasteiger partial charge is 0.466 e. The van der Waals surface area contributed by atoms with E-state index in [1.165, 1.54) is 6.20 Å². The SMILES string of the molecule is CCOC(=O)Cc1c(N)cnc(CN)c1C(F)F. The van der Waals surface area contributed by atoms with E-state index < -0.39 is 12.4 Å². The number of carbonyl (C=O) groups excluding carboxylic acids is 1. The lowest BCUT2D eigenvalue weighted by molar-refractivity contribution is -0.142. The number of alkyl halides is 2. The number of nitrogens with zero attached hydrogens (tertiary/aromatic N) is 1. The lowest BCUT2D eigenvalue weighted by Gasteiger charge is -2.14. The first-order chi connectivity index (χ1) is 8.51. The van der Waals surface area contributed by atoms with E-state index in [1.807, 2.05) is 0 Å². The van der Waals surface area contributed by atoms with Crippen molar-refractivity contribution in [1.82, 2.24) is 4.98 Å². The second-order valence-electron chi connectivity index (χ2n) is 3.54. The molecule has 1 heterocycles. The van der Waals surface area contributed by atoms with Crippen LogP contribution in [0.5, 0.6) is 0 Å². The number of carbonyl (C=O) groups is 1. The van der Waals surface area contributed by atoms with Crippen LogP contribution in [0.15, 0.2) is 6.20 Å². The number of halogens is 2. The van der Waals surface area contributed by atoms with Crippen LogP contribution in [0.4, 0.5) is 14.5 Å². The van der Waals surface area contributed by atoms with E-state index in [-0.39, 0.29) is 42.1 Å². The van der Waals surface area contributed by atoms with Gasteiger partial charge in [0.25, 0.3) is 6.43 Å². The smallest absolute Gasteiger partial charge is 0.310 e. The fourth-order valence-electron chi connectivity index (χ4n) is 1.60. The molecule has 1 aromatic heterocycles. The van der Waals surface area contributed by atoms with Crippen molar-refractivity contribution in [2.24, 2.45) is 5.73 Å². The van der Waals surface area contributed by atoms with Crippen LogP contribution in [-0.4, -0.2) is 17.6 Å². The molecule has 7 heteroatoms. The lowest BCUT2D eigenvalue weighted by Crippen LogP contribution is -2.15. The lowest BCUT2D eigenvalue weighted by atomic mass is 10.0. The number of pyridine rings is 1. The van der Waals surface area contributed by atoms with Gasteiger partial charge in [-0.05, 0) is 12.5 Å². The highest BCUT2D eigenvalue weighted by molar-refractivity contribution is 5.75. The number of esters is 1. The summed E-state index contributed by atoms with van der Waals surface area (Å²) in [4.78, 5) is 15.1. The molecule has 0 radical (unpaired) electrons. The minimum atomic E-state index is -2.79. The van der Waals surface area contributed by atoms with Crippen molar-refractivity contribution in [2.75, 3.05) is 12.3 Å². The molecule has 0 aliphatic heterocycles. The molecule has 1 aromatic rings. The van der Waals surface area contributed by atoms with Crippen LogP contribution in [0.25, 0.3) is 0 Å². The van der Waals surface area contributed by atoms with Crippen LogP contribution < -0.4 is 11.5 Å². The highest BCUT2D eigenvalue weighted by atomic mass is 19.3. The van der Waals surface area contributed by atoms with Crippen molar-refractivity contribution < 1.29 is 18.3 Å². The number of nitrogens with two attached hydrogens (primary N) is 2. The molecule has 0 aliphatic carbocycles. The van der Waals surface area contributed by atoms with Crippen molar-refractivity contribution in [1.29, 1.82) is 0 Å². The van der Waals surface area contributed by atoms with Crippen LogP contribution >= 0.6 is 0 Å². The van der Waals surface area contributed by atoms with Gasteiger partial charge >= 0.3 is 5.97 Å². The van der Waals surface area contributed by atoms with Crippen LogP contribution in [0.1, 0.15) is 30.2 Å². The molecule has 18 heavy (non-hydrogen) atoms. The number of hydrogen-bond donors (Lipinski definition) is 2. The number of rotatable bonds is 5. The van der Waals surface area contributed by atoms with Gasteiger partial charge in [-0.2, -0.15) is 0 Å². The van der Waals surface area contributed by atoms with E-state index in [1.54, 1.807) is 6.92 Å². The minimum Gasteiger partial charge on any atom is -0.466 e. The summed E-state index contributed by atoms with van der Waals surface area (Å²) >= 11 is 0. The van der Waals surface area contributed by atoms with E-state index in [4.69, 9.17) is 16.2 Å². The molecule has 4 N–H and O–H groups in total. The summed E-state index contributed by atoms with van der Waals surface area (Å²) < 4.78 is 30.7. The zero-order valence-corrected chi connectivity index (χ0v) is 9.95. The maximum Gasteiger partial charge on any atom is 0.310 e. The average molecular weight is 259 g/mol. The third kappa shape index (κ3) is 3.13. The second-order valence-corrected chi connectivity index (χ2v) is 3.54. The Kier molecular flexibility index (Phi) is 4.96. The van der Waals surface area contributed by atoms with Gasteiger partial charge in [-0.15, -0.1) is 0 Å². The Morgan fingerprint density at radius 3 is 2.72 bits per heavy atom. The van der Waals surface area contributed by atoms with Crippen molar-refractivity contribution in [3.05, 3.63) is 23.0 Å². The zero-order chi connectivity index (χ0) is 13.7. The van der Waals surface area contributed by atoms with Crippen LogP contribution in [0.3, 0.4) is 0 Å². The molecule has 0 unspecified atom stereocenters. The molecule has 5 nitrogen and oxygen atoms in total. The van der Waals surface area contributed by atoms with Crippen molar-refractivity contribution >= 4 is 11.7 Å². The standard InChI is InChI=1S/C11H15F2N3O2/c1-2-18-9(17)3-6-7(15)5-16-8(4-14)10(6)11(12)13/h5,11H,2-4,14-15H2,1H3. The molecule has 0 aliphatic rings. The van der Waals surface area contributed by atoms with E-state index in [0.29, 0.717) is 0 Å². The zero-order valence-electron chi connectivity index (χ0n) is 9.95.